The van der Waals surface area contributed by atoms with Gasteiger partial charge in [-0.1, -0.05) is 51.0 Å². The molecule has 0 aromatic heterocycles. The predicted molar refractivity (Wildman–Crippen MR) is 98.2 cm³/mol. The lowest BCUT2D eigenvalue weighted by Gasteiger charge is -2.46. The molecule has 24 heavy (non-hydrogen) atoms. The van der Waals surface area contributed by atoms with Crippen molar-refractivity contribution in [1.82, 2.24) is 4.90 Å². The van der Waals surface area contributed by atoms with Crippen molar-refractivity contribution in [2.24, 2.45) is 10.8 Å². The SMILES string of the molecule is CC1=CC(N(C(=O)CC#N)C2C=C(C)CC(C)(C)C2)CC(C)(C)C1. The average Bonchev–Trinajstić information content (AvgIpc) is 2.33. The highest BCUT2D eigenvalue weighted by Crippen LogP contribution is 2.41. The van der Waals surface area contributed by atoms with Crippen LogP contribution in [-0.2, 0) is 4.79 Å². The third-order valence-electron chi connectivity index (χ3n) is 5.22. The summed E-state index contributed by atoms with van der Waals surface area (Å²) >= 11 is 0. The molecule has 0 saturated heterocycles. The van der Waals surface area contributed by atoms with Crippen LogP contribution in [-0.4, -0.2) is 22.9 Å². The van der Waals surface area contributed by atoms with E-state index in [-0.39, 0.29) is 35.2 Å². The van der Waals surface area contributed by atoms with Gasteiger partial charge in [0.25, 0.3) is 0 Å². The van der Waals surface area contributed by atoms with E-state index in [1.54, 1.807) is 0 Å². The predicted octanol–water partition coefficient (Wildman–Crippen LogP) is 5.00. The number of amides is 1. The second kappa shape index (κ2) is 6.75. The maximum Gasteiger partial charge on any atom is 0.237 e. The first-order chi connectivity index (χ1) is 11.0. The van der Waals surface area contributed by atoms with Gasteiger partial charge in [0.1, 0.15) is 6.42 Å². The topological polar surface area (TPSA) is 44.1 Å². The molecular formula is C21H32N2O. The van der Waals surface area contributed by atoms with Gasteiger partial charge in [0.15, 0.2) is 0 Å². The van der Waals surface area contributed by atoms with Crippen LogP contribution in [0.5, 0.6) is 0 Å². The molecule has 0 aromatic rings. The normalized spacial score (nSPS) is 28.4. The second-order valence-electron chi connectivity index (χ2n) is 9.39. The van der Waals surface area contributed by atoms with Crippen molar-refractivity contribution in [2.75, 3.05) is 0 Å². The van der Waals surface area contributed by atoms with E-state index in [4.69, 9.17) is 5.26 Å². The Balaban J connectivity index is 2.39. The van der Waals surface area contributed by atoms with E-state index in [2.05, 4.69) is 59.8 Å². The zero-order chi connectivity index (χ0) is 18.1. The minimum Gasteiger partial charge on any atom is -0.329 e. The number of hydrogen-bond acceptors (Lipinski definition) is 2. The summed E-state index contributed by atoms with van der Waals surface area (Å²) in [7, 11) is 0. The molecule has 2 aliphatic rings. The van der Waals surface area contributed by atoms with E-state index in [0.717, 1.165) is 25.7 Å². The third-order valence-corrected chi connectivity index (χ3v) is 5.22. The van der Waals surface area contributed by atoms with Crippen molar-refractivity contribution in [3.05, 3.63) is 23.3 Å². The number of nitrogens with zero attached hydrogens (tertiary/aromatic N) is 2. The fraction of sp³-hybridized carbons (Fsp3) is 0.714. The molecular weight excluding hydrogens is 296 g/mol. The molecule has 0 heterocycles. The fourth-order valence-electron chi connectivity index (χ4n) is 4.81. The van der Waals surface area contributed by atoms with Crippen molar-refractivity contribution < 1.29 is 4.79 Å². The molecule has 132 valence electrons. The van der Waals surface area contributed by atoms with Crippen LogP contribution < -0.4 is 0 Å². The number of hydrogen-bond donors (Lipinski definition) is 0. The van der Waals surface area contributed by atoms with Gasteiger partial charge in [0.05, 0.1) is 18.2 Å². The lowest BCUT2D eigenvalue weighted by atomic mass is 9.72. The molecule has 1 amide bonds. The van der Waals surface area contributed by atoms with Gasteiger partial charge in [0.2, 0.25) is 5.91 Å². The lowest BCUT2D eigenvalue weighted by Crippen LogP contribution is -2.50. The summed E-state index contributed by atoms with van der Waals surface area (Å²) < 4.78 is 0. The number of nitriles is 1. The number of carbonyl (C=O) groups is 1. The van der Waals surface area contributed by atoms with E-state index in [9.17, 15) is 4.79 Å². The van der Waals surface area contributed by atoms with E-state index >= 15 is 0 Å². The molecule has 0 N–H and O–H groups in total. The molecule has 0 saturated carbocycles. The van der Waals surface area contributed by atoms with Crippen molar-refractivity contribution in [3.63, 3.8) is 0 Å². The van der Waals surface area contributed by atoms with Gasteiger partial charge in [0, 0.05) is 0 Å². The number of rotatable bonds is 3. The molecule has 0 radical (unpaired) electrons. The Morgan fingerprint density at radius 1 is 1.08 bits per heavy atom. The van der Waals surface area contributed by atoms with Crippen molar-refractivity contribution in [1.29, 1.82) is 5.26 Å². The Bertz CT molecular complexity index is 564. The summed E-state index contributed by atoms with van der Waals surface area (Å²) in [6, 6.07) is 2.25. The van der Waals surface area contributed by atoms with Crippen LogP contribution in [0.3, 0.4) is 0 Å². The Hall–Kier alpha value is -1.56. The first-order valence-electron chi connectivity index (χ1n) is 9.06. The second-order valence-corrected chi connectivity index (χ2v) is 9.39. The molecule has 2 rings (SSSR count). The largest absolute Gasteiger partial charge is 0.329 e. The van der Waals surface area contributed by atoms with Gasteiger partial charge in [-0.05, 0) is 50.4 Å². The molecule has 0 fully saturated rings. The molecule has 3 nitrogen and oxygen atoms in total. The zero-order valence-electron chi connectivity index (χ0n) is 16.1. The van der Waals surface area contributed by atoms with Crippen molar-refractivity contribution in [2.45, 2.75) is 85.7 Å². The van der Waals surface area contributed by atoms with E-state index in [1.165, 1.54) is 11.1 Å². The van der Waals surface area contributed by atoms with Crippen molar-refractivity contribution in [3.8, 4) is 6.07 Å². The highest BCUT2D eigenvalue weighted by molar-refractivity contribution is 5.79. The average molecular weight is 329 g/mol. The zero-order valence-corrected chi connectivity index (χ0v) is 16.1. The Morgan fingerprint density at radius 2 is 1.50 bits per heavy atom. The number of allylic oxidation sites excluding steroid dienone is 2. The molecule has 0 bridgehead atoms. The van der Waals surface area contributed by atoms with Crippen LogP contribution in [0.2, 0.25) is 0 Å². The Morgan fingerprint density at radius 3 is 1.83 bits per heavy atom. The highest BCUT2D eigenvalue weighted by atomic mass is 16.2. The van der Waals surface area contributed by atoms with Crippen LogP contribution in [0.1, 0.15) is 73.6 Å². The molecule has 0 aliphatic heterocycles. The molecule has 3 heteroatoms. The maximum absolute atomic E-state index is 12.8. The fourth-order valence-corrected chi connectivity index (χ4v) is 4.81. The monoisotopic (exact) mass is 328 g/mol. The van der Waals surface area contributed by atoms with Gasteiger partial charge in [-0.15, -0.1) is 0 Å². The van der Waals surface area contributed by atoms with E-state index in [0.29, 0.717) is 0 Å². The van der Waals surface area contributed by atoms with Gasteiger partial charge in [-0.3, -0.25) is 4.79 Å². The smallest absolute Gasteiger partial charge is 0.237 e. The minimum absolute atomic E-state index is 0.0315. The van der Waals surface area contributed by atoms with Crippen LogP contribution in [0, 0.1) is 22.2 Å². The first-order valence-corrected chi connectivity index (χ1v) is 9.06. The summed E-state index contributed by atoms with van der Waals surface area (Å²) in [6.45, 7) is 13.4. The molecule has 0 aromatic carbocycles. The maximum atomic E-state index is 12.8. The molecule has 2 atom stereocenters. The number of carbonyl (C=O) groups excluding carboxylic acids is 1. The summed E-state index contributed by atoms with van der Waals surface area (Å²) in [6.07, 6.45) is 8.56. The van der Waals surface area contributed by atoms with Crippen LogP contribution in [0.15, 0.2) is 23.3 Å². The van der Waals surface area contributed by atoms with E-state index < -0.39 is 0 Å². The highest BCUT2D eigenvalue weighted by Gasteiger charge is 2.38. The van der Waals surface area contributed by atoms with E-state index in [1.807, 2.05) is 4.90 Å². The lowest BCUT2D eigenvalue weighted by molar-refractivity contribution is -0.134. The molecule has 2 aliphatic carbocycles. The van der Waals surface area contributed by atoms with Crippen LogP contribution in [0.25, 0.3) is 0 Å². The van der Waals surface area contributed by atoms with Crippen LogP contribution in [0.4, 0.5) is 0 Å². The minimum atomic E-state index is -0.0341. The standard InChI is InChI=1S/C21H32N2O/c1-15-9-17(13-20(3,4)11-15)23(19(24)7-8-22)18-10-16(2)12-21(5,6)14-18/h9-10,17-18H,7,11-14H2,1-6H3. The van der Waals surface area contributed by atoms with Gasteiger partial charge >= 0.3 is 0 Å². The van der Waals surface area contributed by atoms with Crippen molar-refractivity contribution >= 4 is 5.91 Å². The third kappa shape index (κ3) is 4.50. The summed E-state index contributed by atoms with van der Waals surface area (Å²) in [5.41, 5.74) is 3.08. The summed E-state index contributed by atoms with van der Waals surface area (Å²) in [5, 5.41) is 9.06. The Kier molecular flexibility index (Phi) is 5.28. The molecule has 2 unspecified atom stereocenters. The van der Waals surface area contributed by atoms with Crippen LogP contribution >= 0.6 is 0 Å². The summed E-state index contributed by atoms with van der Waals surface area (Å²) in [4.78, 5) is 14.8. The summed E-state index contributed by atoms with van der Waals surface area (Å²) in [5.74, 6) is -0.0315. The Labute approximate surface area is 147 Å². The van der Waals surface area contributed by atoms with Gasteiger partial charge in [-0.2, -0.15) is 5.26 Å². The molecule has 0 spiro atoms. The first kappa shape index (κ1) is 18.8. The van der Waals surface area contributed by atoms with Gasteiger partial charge in [-0.25, -0.2) is 0 Å². The van der Waals surface area contributed by atoms with Gasteiger partial charge < -0.3 is 4.90 Å². The quantitative estimate of drug-likeness (QED) is 0.684.